The van der Waals surface area contributed by atoms with Gasteiger partial charge in [-0.3, -0.25) is 9.59 Å². The number of nitriles is 1. The highest BCUT2D eigenvalue weighted by molar-refractivity contribution is 6.07. The summed E-state index contributed by atoms with van der Waals surface area (Å²) in [6.07, 6.45) is 3.47. The first-order valence-corrected chi connectivity index (χ1v) is 11.1. The number of pyridine rings is 1. The highest BCUT2D eigenvalue weighted by Gasteiger charge is 2.43. The molecule has 3 aromatic rings. The van der Waals surface area contributed by atoms with Crippen molar-refractivity contribution in [2.24, 2.45) is 5.92 Å². The molecule has 2 heterocycles. The zero-order valence-corrected chi connectivity index (χ0v) is 18.2. The quantitative estimate of drug-likeness (QED) is 0.409. The van der Waals surface area contributed by atoms with Crippen LogP contribution >= 0.6 is 0 Å². The van der Waals surface area contributed by atoms with Gasteiger partial charge < -0.3 is 20.4 Å². The molecule has 168 valence electrons. The minimum absolute atomic E-state index is 0.131. The van der Waals surface area contributed by atoms with E-state index < -0.39 is 12.0 Å². The fourth-order valence-electron chi connectivity index (χ4n) is 5.23. The summed E-state index contributed by atoms with van der Waals surface area (Å²) in [7, 11) is 1.32. The van der Waals surface area contributed by atoms with E-state index >= 15 is 0 Å². The number of aromatic amines is 1. The Morgan fingerprint density at radius 3 is 2.73 bits per heavy atom. The molecule has 1 amide bonds. The minimum atomic E-state index is -0.693. The van der Waals surface area contributed by atoms with Crippen molar-refractivity contribution in [3.05, 3.63) is 57.9 Å². The molecule has 0 spiro atoms. The molecule has 1 unspecified atom stereocenters. The van der Waals surface area contributed by atoms with E-state index in [1.54, 1.807) is 24.3 Å². The van der Waals surface area contributed by atoms with Gasteiger partial charge in [0.25, 0.3) is 5.56 Å². The van der Waals surface area contributed by atoms with E-state index in [0.29, 0.717) is 40.2 Å². The average molecular weight is 444 g/mol. The van der Waals surface area contributed by atoms with Gasteiger partial charge >= 0.3 is 5.97 Å². The average Bonchev–Trinajstić information content (AvgIpc) is 3.47. The maximum atomic E-state index is 12.7. The lowest BCUT2D eigenvalue weighted by Crippen LogP contribution is -2.50. The molecule has 3 N–H and O–H groups in total. The number of hydrogen-bond donors (Lipinski definition) is 3. The monoisotopic (exact) mass is 444 g/mol. The molecular weight excluding hydrogens is 420 g/mol. The summed E-state index contributed by atoms with van der Waals surface area (Å²) < 4.78 is 4.80. The summed E-state index contributed by atoms with van der Waals surface area (Å²) in [6, 6.07) is 12.0. The highest BCUT2D eigenvalue weighted by atomic mass is 16.5. The molecule has 2 aromatic carbocycles. The van der Waals surface area contributed by atoms with Crippen molar-refractivity contribution in [1.29, 1.82) is 5.26 Å². The number of nitrogens with one attached hydrogen (secondary N) is 3. The van der Waals surface area contributed by atoms with Gasteiger partial charge in [0.15, 0.2) is 0 Å². The highest BCUT2D eigenvalue weighted by Crippen LogP contribution is 2.35. The van der Waals surface area contributed by atoms with Crippen molar-refractivity contribution in [3.8, 4) is 6.07 Å². The molecule has 1 saturated heterocycles. The zero-order valence-electron chi connectivity index (χ0n) is 18.2. The largest absolute Gasteiger partial charge is 0.465 e. The predicted molar refractivity (Wildman–Crippen MR) is 123 cm³/mol. The summed E-state index contributed by atoms with van der Waals surface area (Å²) in [4.78, 5) is 40.2. The van der Waals surface area contributed by atoms with Crippen LogP contribution in [0.1, 0.15) is 35.2 Å². The maximum absolute atomic E-state index is 12.7. The summed E-state index contributed by atoms with van der Waals surface area (Å²) in [6.45, 7) is 0. The van der Waals surface area contributed by atoms with E-state index in [4.69, 9.17) is 4.74 Å². The van der Waals surface area contributed by atoms with E-state index in [1.807, 2.05) is 12.1 Å². The van der Waals surface area contributed by atoms with Crippen LogP contribution in [-0.4, -0.2) is 42.1 Å². The minimum Gasteiger partial charge on any atom is -0.465 e. The van der Waals surface area contributed by atoms with Gasteiger partial charge in [-0.2, -0.15) is 5.26 Å². The number of piperidine rings is 1. The van der Waals surface area contributed by atoms with Gasteiger partial charge in [-0.1, -0.05) is 12.1 Å². The van der Waals surface area contributed by atoms with Gasteiger partial charge in [0.2, 0.25) is 5.91 Å². The maximum Gasteiger partial charge on any atom is 0.337 e. The van der Waals surface area contributed by atoms with E-state index in [0.717, 1.165) is 30.2 Å². The Hall–Kier alpha value is -3.70. The smallest absolute Gasteiger partial charge is 0.337 e. The lowest BCUT2D eigenvalue weighted by Gasteiger charge is -2.23. The number of esters is 1. The normalized spacial score (nSPS) is 22.2. The van der Waals surface area contributed by atoms with Crippen molar-refractivity contribution in [2.45, 2.75) is 43.8 Å². The van der Waals surface area contributed by atoms with E-state index in [-0.39, 0.29) is 17.5 Å². The van der Waals surface area contributed by atoms with Crippen molar-refractivity contribution in [2.75, 3.05) is 7.11 Å². The first-order valence-electron chi connectivity index (χ1n) is 11.1. The van der Waals surface area contributed by atoms with Crippen molar-refractivity contribution < 1.29 is 14.3 Å². The Morgan fingerprint density at radius 1 is 1.18 bits per heavy atom. The fraction of sp³-hybridized carbons (Fsp3) is 0.360. The lowest BCUT2D eigenvalue weighted by atomic mass is 9.97. The molecule has 1 aliphatic carbocycles. The van der Waals surface area contributed by atoms with Crippen LogP contribution in [-0.2, 0) is 16.0 Å². The number of aromatic nitrogens is 1. The van der Waals surface area contributed by atoms with Gasteiger partial charge in [0.05, 0.1) is 24.8 Å². The number of hydrogen-bond acceptors (Lipinski definition) is 6. The molecule has 2 fully saturated rings. The number of fused-ring (bicyclic) bond motifs is 5. The second-order valence-electron chi connectivity index (χ2n) is 8.89. The first kappa shape index (κ1) is 21.2. The van der Waals surface area contributed by atoms with Gasteiger partial charge in [-0.15, -0.1) is 0 Å². The third kappa shape index (κ3) is 3.85. The van der Waals surface area contributed by atoms with Crippen molar-refractivity contribution in [1.82, 2.24) is 15.6 Å². The Morgan fingerprint density at radius 2 is 2.03 bits per heavy atom. The van der Waals surface area contributed by atoms with Crippen LogP contribution in [0.25, 0.3) is 21.7 Å². The van der Waals surface area contributed by atoms with Crippen molar-refractivity contribution >= 4 is 33.6 Å². The number of methoxy groups -OCH3 is 1. The molecule has 4 atom stereocenters. The molecule has 2 aliphatic rings. The number of rotatable bonds is 5. The number of ether oxygens (including phenoxy) is 1. The molecule has 8 nitrogen and oxygen atoms in total. The SMILES string of the molecule is COC(=O)c1ccc2[nH]c(=O)c3cc(CC(C#N)NC(=O)[C@H]4N[C@@H]5CC[C@H]4C5)ccc3c2c1. The third-order valence-corrected chi connectivity index (χ3v) is 6.86. The van der Waals surface area contributed by atoms with Gasteiger partial charge in [-0.05, 0) is 60.4 Å². The number of nitrogens with zero attached hydrogens (tertiary/aromatic N) is 1. The van der Waals surface area contributed by atoms with Crippen LogP contribution in [0.5, 0.6) is 0 Å². The predicted octanol–water partition coefficient (Wildman–Crippen LogP) is 2.16. The topological polar surface area (TPSA) is 124 Å². The van der Waals surface area contributed by atoms with E-state index in [2.05, 4.69) is 21.7 Å². The fourth-order valence-corrected chi connectivity index (χ4v) is 5.23. The molecular formula is C25H24N4O4. The zero-order chi connectivity index (χ0) is 23.1. The standard InChI is InChI=1S/C25H24N4O4/c1-33-25(32)15-4-7-21-19(11-15)18-6-2-13(9-20(18)23(30)29-21)8-17(12-26)28-24(31)22-14-3-5-16(10-14)27-22/h2,4,6-7,9,11,14,16-17,22,27H,3,5,8,10H2,1H3,(H,28,31)(H,29,30)/t14-,16+,17?,22-/m0/s1. The molecule has 1 aromatic heterocycles. The molecule has 1 saturated carbocycles. The Balaban J connectivity index is 1.41. The summed E-state index contributed by atoms with van der Waals surface area (Å²) >= 11 is 0. The summed E-state index contributed by atoms with van der Waals surface area (Å²) in [5, 5.41) is 17.7. The van der Waals surface area contributed by atoms with Crippen LogP contribution in [0.4, 0.5) is 0 Å². The molecule has 1 aliphatic heterocycles. The number of carbonyl (C=O) groups excluding carboxylic acids is 2. The second kappa shape index (κ2) is 8.34. The molecule has 2 bridgehead atoms. The van der Waals surface area contributed by atoms with Crippen LogP contribution in [0, 0.1) is 17.2 Å². The summed E-state index contributed by atoms with van der Waals surface area (Å²) in [5.41, 5.74) is 1.52. The van der Waals surface area contributed by atoms with E-state index in [1.165, 1.54) is 7.11 Å². The Kier molecular flexibility index (Phi) is 5.35. The second-order valence-corrected chi connectivity index (χ2v) is 8.89. The molecule has 33 heavy (non-hydrogen) atoms. The first-order chi connectivity index (χ1) is 16.0. The number of benzene rings is 2. The van der Waals surface area contributed by atoms with Gasteiger partial charge in [0.1, 0.15) is 6.04 Å². The van der Waals surface area contributed by atoms with Crippen LogP contribution < -0.4 is 16.2 Å². The molecule has 8 heteroatoms. The van der Waals surface area contributed by atoms with Crippen LogP contribution in [0.15, 0.2) is 41.2 Å². The van der Waals surface area contributed by atoms with Crippen molar-refractivity contribution in [3.63, 3.8) is 0 Å². The van der Waals surface area contributed by atoms with E-state index in [9.17, 15) is 19.6 Å². The third-order valence-electron chi connectivity index (χ3n) is 6.86. The summed E-state index contributed by atoms with van der Waals surface area (Å²) in [5.74, 6) is -0.240. The molecule has 0 radical (unpaired) electrons. The number of carbonyl (C=O) groups is 2. The van der Waals surface area contributed by atoms with Crippen LogP contribution in [0.3, 0.4) is 0 Å². The van der Waals surface area contributed by atoms with Gasteiger partial charge in [-0.25, -0.2) is 4.79 Å². The number of amides is 1. The van der Waals surface area contributed by atoms with Crippen LogP contribution in [0.2, 0.25) is 0 Å². The lowest BCUT2D eigenvalue weighted by molar-refractivity contribution is -0.124. The number of H-pyrrole nitrogens is 1. The Bertz CT molecular complexity index is 1370. The molecule has 5 rings (SSSR count). The Labute approximate surface area is 189 Å². The van der Waals surface area contributed by atoms with Gasteiger partial charge in [0, 0.05) is 28.8 Å².